The van der Waals surface area contributed by atoms with Crippen molar-refractivity contribution in [3.05, 3.63) is 0 Å². The summed E-state index contributed by atoms with van der Waals surface area (Å²) in [7, 11) is 0. The van der Waals surface area contributed by atoms with Crippen molar-refractivity contribution in [2.24, 2.45) is 0 Å². The van der Waals surface area contributed by atoms with Gasteiger partial charge < -0.3 is 0 Å². The molecule has 0 N–H and O–H groups in total. The molecule has 0 atom stereocenters. The average molecular weight is 167 g/mol. The highest BCUT2D eigenvalue weighted by Crippen LogP contribution is 2.07. The number of hydrogen-bond donors (Lipinski definition) is 0. The molecule has 1 heteroatoms. The fourth-order valence-corrected chi connectivity index (χ4v) is 1.21. The first-order valence-electron chi connectivity index (χ1n) is 4.91. The third kappa shape index (κ3) is 13.7. The van der Waals surface area contributed by atoms with E-state index in [2.05, 4.69) is 13.8 Å². The minimum atomic E-state index is 0. The maximum Gasteiger partial charge on any atom is 0 e. The summed E-state index contributed by atoms with van der Waals surface area (Å²) in [5.41, 5.74) is 0. The molecule has 0 aromatic heterocycles. The zero-order chi connectivity index (χ0) is 7.66. The van der Waals surface area contributed by atoms with E-state index in [1.54, 1.807) is 0 Å². The van der Waals surface area contributed by atoms with Crippen LogP contribution >= 0.6 is 0 Å². The molecule has 0 aliphatic heterocycles. The highest BCUT2D eigenvalue weighted by molar-refractivity contribution is 5.75. The first-order valence-corrected chi connectivity index (χ1v) is 4.91. The van der Waals surface area contributed by atoms with Crippen LogP contribution in [0.5, 0.6) is 0 Å². The molecule has 0 aliphatic rings. The molecule has 11 heavy (non-hydrogen) atoms. The van der Waals surface area contributed by atoms with Gasteiger partial charge in [0.1, 0.15) is 0 Å². The van der Waals surface area contributed by atoms with E-state index in [0.29, 0.717) is 0 Å². The smallest absolute Gasteiger partial charge is 0 e. The first-order chi connectivity index (χ1) is 4.91. The van der Waals surface area contributed by atoms with Crippen molar-refractivity contribution in [1.29, 1.82) is 0 Å². The second-order valence-electron chi connectivity index (χ2n) is 3.12. The van der Waals surface area contributed by atoms with Gasteiger partial charge in [0.25, 0.3) is 0 Å². The maximum absolute atomic E-state index is 2.27. The Morgan fingerprint density at radius 1 is 0.545 bits per heavy atom. The SMILES string of the molecule is CCCCCCCCCC.[Mg]. The summed E-state index contributed by atoms with van der Waals surface area (Å²) in [6.45, 7) is 4.54. The Bertz CT molecular complexity index is 44.8. The molecule has 0 fully saturated rings. The van der Waals surface area contributed by atoms with Crippen LogP contribution in [0.25, 0.3) is 0 Å². The molecule has 0 saturated heterocycles. The Kier molecular flexibility index (Phi) is 17.4. The second kappa shape index (κ2) is 13.4. The van der Waals surface area contributed by atoms with Crippen LogP contribution in [0.15, 0.2) is 0 Å². The number of rotatable bonds is 7. The van der Waals surface area contributed by atoms with Crippen LogP contribution < -0.4 is 0 Å². The van der Waals surface area contributed by atoms with Crippen LogP contribution in [0.4, 0.5) is 0 Å². The van der Waals surface area contributed by atoms with Crippen molar-refractivity contribution in [2.75, 3.05) is 0 Å². The molecule has 0 heterocycles. The van der Waals surface area contributed by atoms with E-state index in [1.807, 2.05) is 0 Å². The van der Waals surface area contributed by atoms with Crippen molar-refractivity contribution in [2.45, 2.75) is 65.2 Å². The summed E-state index contributed by atoms with van der Waals surface area (Å²) in [6.07, 6.45) is 11.5. The lowest BCUT2D eigenvalue weighted by molar-refractivity contribution is 0.585. The van der Waals surface area contributed by atoms with Gasteiger partial charge >= 0.3 is 0 Å². The summed E-state index contributed by atoms with van der Waals surface area (Å²) in [6, 6.07) is 0. The van der Waals surface area contributed by atoms with Crippen molar-refractivity contribution in [3.8, 4) is 0 Å². The average Bonchev–Trinajstić information content (AvgIpc) is 1.97. The predicted octanol–water partition coefficient (Wildman–Crippen LogP) is 3.77. The fraction of sp³-hybridized carbons (Fsp3) is 1.00. The standard InChI is InChI=1S/C10H22.Mg/c1-3-5-7-9-10-8-6-4-2;/h3-10H2,1-2H3;. The van der Waals surface area contributed by atoms with Crippen molar-refractivity contribution in [3.63, 3.8) is 0 Å². The van der Waals surface area contributed by atoms with Gasteiger partial charge in [-0.2, -0.15) is 0 Å². The van der Waals surface area contributed by atoms with Gasteiger partial charge in [-0.05, 0) is 0 Å². The van der Waals surface area contributed by atoms with Crippen molar-refractivity contribution >= 4 is 23.1 Å². The van der Waals surface area contributed by atoms with Gasteiger partial charge in [-0.25, -0.2) is 0 Å². The van der Waals surface area contributed by atoms with Crippen LogP contribution in [-0.4, -0.2) is 23.1 Å². The Hall–Kier alpha value is 0.766. The first kappa shape index (κ1) is 14.3. The lowest BCUT2D eigenvalue weighted by Crippen LogP contribution is -1.77. The minimum Gasteiger partial charge on any atom is -0.0654 e. The Morgan fingerprint density at radius 2 is 0.818 bits per heavy atom. The largest absolute Gasteiger partial charge is 0.0654 e. The molecule has 0 aromatic carbocycles. The molecule has 2 radical (unpaired) electrons. The van der Waals surface area contributed by atoms with Gasteiger partial charge in [0.05, 0.1) is 0 Å². The van der Waals surface area contributed by atoms with Crippen LogP contribution in [0.3, 0.4) is 0 Å². The number of unbranched alkanes of at least 4 members (excludes halogenated alkanes) is 7. The van der Waals surface area contributed by atoms with Crippen molar-refractivity contribution in [1.82, 2.24) is 0 Å². The molecule has 0 spiro atoms. The lowest BCUT2D eigenvalue weighted by Gasteiger charge is -1.97. The number of hydrogen-bond acceptors (Lipinski definition) is 0. The van der Waals surface area contributed by atoms with Gasteiger partial charge in [-0.3, -0.25) is 0 Å². The van der Waals surface area contributed by atoms with E-state index >= 15 is 0 Å². The molecule has 64 valence electrons. The summed E-state index contributed by atoms with van der Waals surface area (Å²) < 4.78 is 0. The van der Waals surface area contributed by atoms with Crippen LogP contribution in [0.1, 0.15) is 65.2 Å². The van der Waals surface area contributed by atoms with E-state index < -0.39 is 0 Å². The van der Waals surface area contributed by atoms with Gasteiger partial charge in [-0.15, -0.1) is 0 Å². The van der Waals surface area contributed by atoms with E-state index in [-0.39, 0.29) is 23.1 Å². The molecular formula is C10H22Mg. The zero-order valence-electron chi connectivity index (χ0n) is 8.36. The van der Waals surface area contributed by atoms with Gasteiger partial charge in [0.15, 0.2) is 0 Å². The second-order valence-corrected chi connectivity index (χ2v) is 3.12. The van der Waals surface area contributed by atoms with Crippen molar-refractivity contribution < 1.29 is 0 Å². The fourth-order valence-electron chi connectivity index (χ4n) is 1.21. The quantitative estimate of drug-likeness (QED) is 0.399. The molecule has 0 aliphatic carbocycles. The Labute approximate surface area is 88.3 Å². The summed E-state index contributed by atoms with van der Waals surface area (Å²) in [5.74, 6) is 0. The lowest BCUT2D eigenvalue weighted by atomic mass is 10.1. The monoisotopic (exact) mass is 166 g/mol. The topological polar surface area (TPSA) is 0 Å². The van der Waals surface area contributed by atoms with E-state index in [1.165, 1.54) is 51.4 Å². The molecule has 0 amide bonds. The third-order valence-electron chi connectivity index (χ3n) is 1.96. The zero-order valence-corrected chi connectivity index (χ0v) is 9.78. The van der Waals surface area contributed by atoms with E-state index in [0.717, 1.165) is 0 Å². The molecule has 0 saturated carbocycles. The maximum atomic E-state index is 2.27. The van der Waals surface area contributed by atoms with E-state index in [9.17, 15) is 0 Å². The molecule has 0 aromatic rings. The summed E-state index contributed by atoms with van der Waals surface area (Å²) >= 11 is 0. The third-order valence-corrected chi connectivity index (χ3v) is 1.96. The molecule has 0 unspecified atom stereocenters. The highest BCUT2D eigenvalue weighted by Gasteiger charge is 1.87. The molecule has 0 nitrogen and oxygen atoms in total. The van der Waals surface area contributed by atoms with E-state index in [4.69, 9.17) is 0 Å². The molecule has 0 rings (SSSR count). The van der Waals surface area contributed by atoms with Gasteiger partial charge in [-0.1, -0.05) is 65.2 Å². The summed E-state index contributed by atoms with van der Waals surface area (Å²) in [4.78, 5) is 0. The predicted molar refractivity (Wildman–Crippen MR) is 54.0 cm³/mol. The minimum absolute atomic E-state index is 0. The highest BCUT2D eigenvalue weighted by atomic mass is 24.3. The summed E-state index contributed by atoms with van der Waals surface area (Å²) in [5, 5.41) is 0. The van der Waals surface area contributed by atoms with Gasteiger partial charge in [0.2, 0.25) is 0 Å². The van der Waals surface area contributed by atoms with Crippen LogP contribution in [0, 0.1) is 0 Å². The molecular weight excluding hydrogens is 144 g/mol. The normalized spacial score (nSPS) is 9.27. The van der Waals surface area contributed by atoms with Crippen LogP contribution in [0.2, 0.25) is 0 Å². The van der Waals surface area contributed by atoms with Gasteiger partial charge in [0, 0.05) is 23.1 Å². The molecule has 0 bridgehead atoms. The van der Waals surface area contributed by atoms with Crippen LogP contribution in [-0.2, 0) is 0 Å². The Morgan fingerprint density at radius 3 is 1.09 bits per heavy atom. The Balaban J connectivity index is 0.